The fraction of sp³-hybridized carbons (Fsp3) is 0.400. The number of hydrogen-bond donors (Lipinski definition) is 1. The first-order chi connectivity index (χ1) is 9.90. The van der Waals surface area contributed by atoms with Gasteiger partial charge in [0.15, 0.2) is 0 Å². The van der Waals surface area contributed by atoms with Crippen LogP contribution in [-0.2, 0) is 13.6 Å². The van der Waals surface area contributed by atoms with Crippen LogP contribution in [0.15, 0.2) is 24.3 Å². The lowest BCUT2D eigenvalue weighted by atomic mass is 10.1. The summed E-state index contributed by atoms with van der Waals surface area (Å²) in [6.07, 6.45) is 0. The Labute approximate surface area is 123 Å². The van der Waals surface area contributed by atoms with Crippen LogP contribution in [0.3, 0.4) is 0 Å². The molecule has 0 saturated carbocycles. The first-order valence-electron chi connectivity index (χ1n) is 6.87. The van der Waals surface area contributed by atoms with Crippen LogP contribution in [0.2, 0.25) is 0 Å². The maximum Gasteiger partial charge on any atom is 0.269 e. The molecule has 1 aromatic carbocycles. The molecule has 2 aromatic rings. The van der Waals surface area contributed by atoms with Gasteiger partial charge >= 0.3 is 0 Å². The summed E-state index contributed by atoms with van der Waals surface area (Å²) in [5.74, 6) is 0. The predicted molar refractivity (Wildman–Crippen MR) is 81.0 cm³/mol. The highest BCUT2D eigenvalue weighted by Crippen LogP contribution is 2.21. The van der Waals surface area contributed by atoms with Gasteiger partial charge in [-0.15, -0.1) is 0 Å². The van der Waals surface area contributed by atoms with Crippen LogP contribution in [0.1, 0.15) is 35.5 Å². The molecule has 2 rings (SSSR count). The molecule has 6 nitrogen and oxygen atoms in total. The molecule has 1 N–H and O–H groups in total. The van der Waals surface area contributed by atoms with Gasteiger partial charge in [-0.25, -0.2) is 0 Å². The van der Waals surface area contributed by atoms with E-state index in [1.807, 2.05) is 31.6 Å². The molecule has 0 saturated heterocycles. The van der Waals surface area contributed by atoms with Crippen molar-refractivity contribution in [2.24, 2.45) is 7.05 Å². The molecular weight excluding hydrogens is 268 g/mol. The summed E-state index contributed by atoms with van der Waals surface area (Å²) in [5, 5.41) is 18.6. The van der Waals surface area contributed by atoms with Crippen molar-refractivity contribution >= 4 is 5.69 Å². The zero-order chi connectivity index (χ0) is 15.6. The molecule has 0 fully saturated rings. The van der Waals surface area contributed by atoms with Crippen molar-refractivity contribution in [3.63, 3.8) is 0 Å². The quantitative estimate of drug-likeness (QED) is 0.678. The minimum absolute atomic E-state index is 0.121. The zero-order valence-corrected chi connectivity index (χ0v) is 12.8. The fourth-order valence-electron chi connectivity index (χ4n) is 2.57. The third kappa shape index (κ3) is 3.28. The minimum Gasteiger partial charge on any atom is -0.306 e. The number of rotatable bonds is 5. The molecule has 0 aliphatic carbocycles. The number of nitro benzene ring substituents is 1. The summed E-state index contributed by atoms with van der Waals surface area (Å²) in [5.41, 5.74) is 4.34. The molecule has 1 heterocycles. The van der Waals surface area contributed by atoms with E-state index in [0.717, 1.165) is 17.0 Å². The summed E-state index contributed by atoms with van der Waals surface area (Å²) < 4.78 is 1.87. The third-order valence-electron chi connectivity index (χ3n) is 3.73. The van der Waals surface area contributed by atoms with Gasteiger partial charge < -0.3 is 5.32 Å². The number of benzene rings is 1. The first-order valence-corrected chi connectivity index (χ1v) is 6.87. The molecule has 1 atom stereocenters. The van der Waals surface area contributed by atoms with E-state index in [-0.39, 0.29) is 16.7 Å². The molecule has 0 spiro atoms. The fourth-order valence-corrected chi connectivity index (χ4v) is 2.57. The number of aryl methyl sites for hydroxylation is 2. The number of hydrogen-bond acceptors (Lipinski definition) is 4. The van der Waals surface area contributed by atoms with E-state index in [0.29, 0.717) is 6.54 Å². The number of aromatic nitrogens is 2. The van der Waals surface area contributed by atoms with Gasteiger partial charge in [-0.3, -0.25) is 14.8 Å². The van der Waals surface area contributed by atoms with Crippen molar-refractivity contribution in [1.29, 1.82) is 0 Å². The Morgan fingerprint density at radius 2 is 2.14 bits per heavy atom. The second-order valence-corrected chi connectivity index (χ2v) is 5.24. The van der Waals surface area contributed by atoms with Crippen LogP contribution in [-0.4, -0.2) is 14.7 Å². The van der Waals surface area contributed by atoms with Crippen molar-refractivity contribution in [2.75, 3.05) is 0 Å². The Hall–Kier alpha value is -2.21. The molecular formula is C15H20N4O2. The second-order valence-electron chi connectivity index (χ2n) is 5.24. The molecule has 0 aliphatic heterocycles. The molecule has 0 aliphatic rings. The molecule has 112 valence electrons. The number of non-ortho nitro benzene ring substituents is 1. The Morgan fingerprint density at radius 1 is 1.43 bits per heavy atom. The van der Waals surface area contributed by atoms with E-state index in [1.165, 1.54) is 11.6 Å². The summed E-state index contributed by atoms with van der Waals surface area (Å²) in [7, 11) is 1.93. The monoisotopic (exact) mass is 288 g/mol. The largest absolute Gasteiger partial charge is 0.306 e. The van der Waals surface area contributed by atoms with Gasteiger partial charge in [0.1, 0.15) is 0 Å². The average Bonchev–Trinajstić information content (AvgIpc) is 2.70. The van der Waals surface area contributed by atoms with Crippen LogP contribution in [0.4, 0.5) is 5.69 Å². The smallest absolute Gasteiger partial charge is 0.269 e. The van der Waals surface area contributed by atoms with E-state index in [9.17, 15) is 10.1 Å². The van der Waals surface area contributed by atoms with Crippen LogP contribution in [0, 0.1) is 24.0 Å². The van der Waals surface area contributed by atoms with E-state index in [4.69, 9.17) is 0 Å². The molecule has 1 aromatic heterocycles. The summed E-state index contributed by atoms with van der Waals surface area (Å²) in [6, 6.07) is 6.83. The number of nitrogens with one attached hydrogen (secondary N) is 1. The standard InChI is InChI=1S/C15H20N4O2/c1-10(15-11(2)17-18(4)12(15)3)16-9-13-6-5-7-14(8-13)19(20)21/h5-8,10,16H,9H2,1-4H3. The number of nitro groups is 1. The zero-order valence-electron chi connectivity index (χ0n) is 12.8. The lowest BCUT2D eigenvalue weighted by Gasteiger charge is -2.14. The van der Waals surface area contributed by atoms with Crippen LogP contribution in [0.25, 0.3) is 0 Å². The molecule has 6 heteroatoms. The third-order valence-corrected chi connectivity index (χ3v) is 3.73. The maximum atomic E-state index is 10.8. The normalized spacial score (nSPS) is 12.4. The summed E-state index contributed by atoms with van der Waals surface area (Å²) >= 11 is 0. The van der Waals surface area contributed by atoms with E-state index >= 15 is 0 Å². The molecule has 1 unspecified atom stereocenters. The number of nitrogens with zero attached hydrogens (tertiary/aromatic N) is 3. The first kappa shape index (κ1) is 15.2. The topological polar surface area (TPSA) is 73.0 Å². The van der Waals surface area contributed by atoms with E-state index in [2.05, 4.69) is 17.3 Å². The molecule has 0 radical (unpaired) electrons. The summed E-state index contributed by atoms with van der Waals surface area (Å²) in [4.78, 5) is 10.4. The van der Waals surface area contributed by atoms with Crippen molar-refractivity contribution in [3.05, 3.63) is 56.9 Å². The Bertz CT molecular complexity index is 664. The van der Waals surface area contributed by atoms with Gasteiger partial charge in [-0.2, -0.15) is 5.10 Å². The molecule has 21 heavy (non-hydrogen) atoms. The second kappa shape index (κ2) is 6.05. The summed E-state index contributed by atoms with van der Waals surface area (Å²) in [6.45, 7) is 6.69. The minimum atomic E-state index is -0.373. The highest BCUT2D eigenvalue weighted by molar-refractivity contribution is 5.34. The van der Waals surface area contributed by atoms with Crippen molar-refractivity contribution in [2.45, 2.75) is 33.4 Å². The van der Waals surface area contributed by atoms with Crippen LogP contribution >= 0.6 is 0 Å². The van der Waals surface area contributed by atoms with E-state index in [1.54, 1.807) is 12.1 Å². The van der Waals surface area contributed by atoms with Crippen LogP contribution in [0.5, 0.6) is 0 Å². The maximum absolute atomic E-state index is 10.8. The van der Waals surface area contributed by atoms with Gasteiger partial charge in [0, 0.05) is 43.0 Å². The molecule has 0 amide bonds. The van der Waals surface area contributed by atoms with Crippen molar-refractivity contribution < 1.29 is 4.92 Å². The van der Waals surface area contributed by atoms with Gasteiger partial charge in [-0.05, 0) is 26.3 Å². The van der Waals surface area contributed by atoms with Gasteiger partial charge in [0.05, 0.1) is 10.6 Å². The SMILES string of the molecule is Cc1nn(C)c(C)c1C(C)NCc1cccc([N+](=O)[O-])c1. The van der Waals surface area contributed by atoms with Crippen LogP contribution < -0.4 is 5.32 Å². The van der Waals surface area contributed by atoms with Gasteiger partial charge in [-0.1, -0.05) is 12.1 Å². The van der Waals surface area contributed by atoms with Gasteiger partial charge in [0.25, 0.3) is 5.69 Å². The Morgan fingerprint density at radius 3 is 2.71 bits per heavy atom. The van der Waals surface area contributed by atoms with Crippen molar-refractivity contribution in [1.82, 2.24) is 15.1 Å². The average molecular weight is 288 g/mol. The lowest BCUT2D eigenvalue weighted by molar-refractivity contribution is -0.384. The van der Waals surface area contributed by atoms with Crippen molar-refractivity contribution in [3.8, 4) is 0 Å². The molecule has 0 bridgehead atoms. The van der Waals surface area contributed by atoms with Gasteiger partial charge in [0.2, 0.25) is 0 Å². The lowest BCUT2D eigenvalue weighted by Crippen LogP contribution is -2.19. The predicted octanol–water partition coefficient (Wildman–Crippen LogP) is 2.80. The Balaban J connectivity index is 2.09. The Kier molecular flexibility index (Phi) is 4.37. The van der Waals surface area contributed by atoms with E-state index < -0.39 is 0 Å². The highest BCUT2D eigenvalue weighted by Gasteiger charge is 2.16. The highest BCUT2D eigenvalue weighted by atomic mass is 16.6.